The van der Waals surface area contributed by atoms with Crippen molar-refractivity contribution in [3.8, 4) is 0 Å². The molecule has 3 heteroatoms. The second kappa shape index (κ2) is 3.01. The van der Waals surface area contributed by atoms with E-state index in [4.69, 9.17) is 0 Å². The Bertz CT molecular complexity index is 136. The van der Waals surface area contributed by atoms with Crippen molar-refractivity contribution in [3.05, 3.63) is 0 Å². The summed E-state index contributed by atoms with van der Waals surface area (Å²) in [7, 11) is 1.67. The summed E-state index contributed by atoms with van der Waals surface area (Å²) in [6.45, 7) is 3.12. The first-order valence-corrected chi connectivity index (χ1v) is 3.69. The predicted molar refractivity (Wildman–Crippen MR) is 39.6 cm³/mol. The predicted octanol–water partition coefficient (Wildman–Crippen LogP) is -0.270. The molecule has 0 aliphatic carbocycles. The van der Waals surface area contributed by atoms with Crippen molar-refractivity contribution >= 4 is 5.91 Å². The van der Waals surface area contributed by atoms with Gasteiger partial charge in [0, 0.05) is 7.05 Å². The molecular weight excluding hydrogens is 128 g/mol. The highest BCUT2D eigenvalue weighted by Crippen LogP contribution is 2.11. The fourth-order valence-corrected chi connectivity index (χ4v) is 1.29. The molecule has 58 valence electrons. The molecule has 2 N–H and O–H groups in total. The van der Waals surface area contributed by atoms with Crippen LogP contribution in [0.25, 0.3) is 0 Å². The molecule has 0 aromatic carbocycles. The van der Waals surface area contributed by atoms with Gasteiger partial charge in [-0.15, -0.1) is 0 Å². The molecule has 0 spiro atoms. The molecule has 0 radical (unpaired) electrons. The van der Waals surface area contributed by atoms with Gasteiger partial charge < -0.3 is 10.6 Å². The molecule has 0 bridgehead atoms. The van der Waals surface area contributed by atoms with Crippen LogP contribution in [0.5, 0.6) is 0 Å². The van der Waals surface area contributed by atoms with Crippen molar-refractivity contribution in [1.29, 1.82) is 0 Å². The SMILES string of the molecule is CNC(=O)C1CC(C)CN1. The zero-order valence-electron chi connectivity index (χ0n) is 6.48. The maximum atomic E-state index is 11.0. The zero-order chi connectivity index (χ0) is 7.56. The van der Waals surface area contributed by atoms with Gasteiger partial charge in [0.15, 0.2) is 0 Å². The number of hydrogen-bond acceptors (Lipinski definition) is 2. The third-order valence-electron chi connectivity index (χ3n) is 1.91. The minimum atomic E-state index is 0.0556. The third kappa shape index (κ3) is 1.48. The van der Waals surface area contributed by atoms with E-state index in [1.165, 1.54) is 0 Å². The van der Waals surface area contributed by atoms with Gasteiger partial charge in [0.05, 0.1) is 6.04 Å². The van der Waals surface area contributed by atoms with E-state index in [2.05, 4.69) is 17.6 Å². The molecule has 1 aliphatic heterocycles. The molecule has 1 heterocycles. The fraction of sp³-hybridized carbons (Fsp3) is 0.857. The summed E-state index contributed by atoms with van der Waals surface area (Å²) in [6, 6.07) is 0.0556. The number of likely N-dealkylation sites (N-methyl/N-ethyl adjacent to an activating group) is 1. The van der Waals surface area contributed by atoms with E-state index in [1.54, 1.807) is 7.05 Å². The lowest BCUT2D eigenvalue weighted by Crippen LogP contribution is -2.38. The van der Waals surface area contributed by atoms with Crippen LogP contribution in [0.2, 0.25) is 0 Å². The van der Waals surface area contributed by atoms with Crippen molar-refractivity contribution in [2.24, 2.45) is 5.92 Å². The normalized spacial score (nSPS) is 32.2. The first-order valence-electron chi connectivity index (χ1n) is 3.69. The molecule has 0 saturated carbocycles. The number of carbonyl (C=O) groups is 1. The van der Waals surface area contributed by atoms with Crippen molar-refractivity contribution < 1.29 is 4.79 Å². The summed E-state index contributed by atoms with van der Waals surface area (Å²) in [4.78, 5) is 11.0. The van der Waals surface area contributed by atoms with Crippen LogP contribution in [0.3, 0.4) is 0 Å². The van der Waals surface area contributed by atoms with Gasteiger partial charge >= 0.3 is 0 Å². The first-order chi connectivity index (χ1) is 4.74. The quantitative estimate of drug-likeness (QED) is 0.529. The van der Waals surface area contributed by atoms with Crippen molar-refractivity contribution in [2.75, 3.05) is 13.6 Å². The largest absolute Gasteiger partial charge is 0.358 e. The van der Waals surface area contributed by atoms with E-state index in [1.807, 2.05) is 0 Å². The summed E-state index contributed by atoms with van der Waals surface area (Å²) in [5.41, 5.74) is 0. The van der Waals surface area contributed by atoms with Gasteiger partial charge in [0.1, 0.15) is 0 Å². The van der Waals surface area contributed by atoms with E-state index >= 15 is 0 Å². The third-order valence-corrected chi connectivity index (χ3v) is 1.91. The number of carbonyl (C=O) groups excluding carboxylic acids is 1. The first kappa shape index (κ1) is 7.54. The summed E-state index contributed by atoms with van der Waals surface area (Å²) < 4.78 is 0. The molecular formula is C7H14N2O. The fourth-order valence-electron chi connectivity index (χ4n) is 1.29. The molecule has 1 saturated heterocycles. The molecule has 1 aliphatic rings. The van der Waals surface area contributed by atoms with Crippen molar-refractivity contribution in [3.63, 3.8) is 0 Å². The zero-order valence-corrected chi connectivity index (χ0v) is 6.48. The van der Waals surface area contributed by atoms with Gasteiger partial charge in [-0.1, -0.05) is 6.92 Å². The van der Waals surface area contributed by atoms with Crippen LogP contribution in [0.4, 0.5) is 0 Å². The Balaban J connectivity index is 2.37. The van der Waals surface area contributed by atoms with Gasteiger partial charge in [-0.2, -0.15) is 0 Å². The van der Waals surface area contributed by atoms with Crippen LogP contribution in [-0.2, 0) is 4.79 Å². The topological polar surface area (TPSA) is 41.1 Å². The average Bonchev–Trinajstić information content (AvgIpc) is 2.34. The second-order valence-corrected chi connectivity index (χ2v) is 2.92. The molecule has 0 aromatic rings. The van der Waals surface area contributed by atoms with Crippen LogP contribution in [0.15, 0.2) is 0 Å². The molecule has 10 heavy (non-hydrogen) atoms. The molecule has 1 rings (SSSR count). The lowest BCUT2D eigenvalue weighted by molar-refractivity contribution is -0.122. The van der Waals surface area contributed by atoms with Gasteiger partial charge in [-0.3, -0.25) is 4.79 Å². The number of amides is 1. The lowest BCUT2D eigenvalue weighted by Gasteiger charge is -2.06. The summed E-state index contributed by atoms with van der Waals surface area (Å²) >= 11 is 0. The Hall–Kier alpha value is -0.570. The molecule has 1 fully saturated rings. The Kier molecular flexibility index (Phi) is 2.27. The van der Waals surface area contributed by atoms with E-state index in [9.17, 15) is 4.79 Å². The molecule has 0 aromatic heterocycles. The van der Waals surface area contributed by atoms with E-state index < -0.39 is 0 Å². The molecule has 1 amide bonds. The standard InChI is InChI=1S/C7H14N2O/c1-5-3-6(9-4-5)7(10)8-2/h5-6,9H,3-4H2,1-2H3,(H,8,10). The van der Waals surface area contributed by atoms with Crippen molar-refractivity contribution in [1.82, 2.24) is 10.6 Å². The van der Waals surface area contributed by atoms with E-state index in [0.29, 0.717) is 5.92 Å². The number of hydrogen-bond donors (Lipinski definition) is 2. The van der Waals surface area contributed by atoms with E-state index in [0.717, 1.165) is 13.0 Å². The summed E-state index contributed by atoms with van der Waals surface area (Å²) in [6.07, 6.45) is 0.972. The Morgan fingerprint density at radius 3 is 2.80 bits per heavy atom. The highest BCUT2D eigenvalue weighted by Gasteiger charge is 2.25. The summed E-state index contributed by atoms with van der Waals surface area (Å²) in [5.74, 6) is 0.756. The van der Waals surface area contributed by atoms with Crippen LogP contribution in [0, 0.1) is 5.92 Å². The average molecular weight is 142 g/mol. The minimum Gasteiger partial charge on any atom is -0.358 e. The summed E-state index contributed by atoms with van der Waals surface area (Å²) in [5, 5.41) is 5.77. The highest BCUT2D eigenvalue weighted by molar-refractivity contribution is 5.81. The molecule has 3 nitrogen and oxygen atoms in total. The van der Waals surface area contributed by atoms with Gasteiger partial charge in [0.2, 0.25) is 5.91 Å². The monoisotopic (exact) mass is 142 g/mol. The Morgan fingerprint density at radius 2 is 2.40 bits per heavy atom. The number of nitrogens with one attached hydrogen (secondary N) is 2. The van der Waals surface area contributed by atoms with Gasteiger partial charge in [0.25, 0.3) is 0 Å². The maximum absolute atomic E-state index is 11.0. The lowest BCUT2D eigenvalue weighted by atomic mass is 10.1. The maximum Gasteiger partial charge on any atom is 0.236 e. The smallest absolute Gasteiger partial charge is 0.236 e. The Labute approximate surface area is 61.2 Å². The van der Waals surface area contributed by atoms with Gasteiger partial charge in [-0.25, -0.2) is 0 Å². The van der Waals surface area contributed by atoms with Gasteiger partial charge in [-0.05, 0) is 18.9 Å². The van der Waals surface area contributed by atoms with Crippen LogP contribution >= 0.6 is 0 Å². The van der Waals surface area contributed by atoms with Crippen molar-refractivity contribution in [2.45, 2.75) is 19.4 Å². The Morgan fingerprint density at radius 1 is 1.70 bits per heavy atom. The molecule has 2 atom stereocenters. The van der Waals surface area contributed by atoms with E-state index in [-0.39, 0.29) is 11.9 Å². The van der Waals surface area contributed by atoms with Crippen LogP contribution < -0.4 is 10.6 Å². The molecule has 2 unspecified atom stereocenters. The second-order valence-electron chi connectivity index (χ2n) is 2.92. The highest BCUT2D eigenvalue weighted by atomic mass is 16.2. The van der Waals surface area contributed by atoms with Crippen LogP contribution in [-0.4, -0.2) is 25.5 Å². The number of rotatable bonds is 1. The van der Waals surface area contributed by atoms with Crippen LogP contribution in [0.1, 0.15) is 13.3 Å². The minimum absolute atomic E-state index is 0.0556.